The van der Waals surface area contributed by atoms with Gasteiger partial charge in [-0.25, -0.2) is 0 Å². The van der Waals surface area contributed by atoms with Crippen LogP contribution < -0.4 is 5.32 Å². The third kappa shape index (κ3) is 3.34. The Balaban J connectivity index is 2.75. The van der Waals surface area contributed by atoms with Crippen molar-refractivity contribution < 1.29 is 0 Å². The van der Waals surface area contributed by atoms with Crippen LogP contribution in [0.1, 0.15) is 44.9 Å². The molecule has 0 aliphatic heterocycles. The fourth-order valence-electron chi connectivity index (χ4n) is 1.79. The summed E-state index contributed by atoms with van der Waals surface area (Å²) in [6, 6.07) is 0. The quantitative estimate of drug-likeness (QED) is 0.747. The van der Waals surface area contributed by atoms with E-state index in [9.17, 15) is 0 Å². The lowest BCUT2D eigenvalue weighted by atomic mass is 10.1. The molecule has 0 amide bonds. The normalized spacial score (nSPS) is 10.9. The van der Waals surface area contributed by atoms with Crippen molar-refractivity contribution >= 4 is 0 Å². The Kier molecular flexibility index (Phi) is 5.40. The van der Waals surface area contributed by atoms with Crippen LogP contribution in [0.15, 0.2) is 6.20 Å². The van der Waals surface area contributed by atoms with Crippen molar-refractivity contribution in [3.63, 3.8) is 0 Å². The molecule has 0 aliphatic rings. The molecule has 0 aliphatic carbocycles. The Hall–Kier alpha value is -0.830. The van der Waals surface area contributed by atoms with Crippen LogP contribution in [0.4, 0.5) is 0 Å². The topological polar surface area (TPSA) is 29.9 Å². The maximum Gasteiger partial charge on any atom is 0.0537 e. The molecule has 0 spiro atoms. The summed E-state index contributed by atoms with van der Waals surface area (Å²) in [4.78, 5) is 0. The molecule has 0 saturated carbocycles. The molecule has 1 heterocycles. The number of nitrogens with one attached hydrogen (secondary N) is 1. The average Bonchev–Trinajstić information content (AvgIpc) is 2.60. The number of hydrogen-bond acceptors (Lipinski definition) is 2. The van der Waals surface area contributed by atoms with Crippen LogP contribution in [0.25, 0.3) is 0 Å². The lowest BCUT2D eigenvalue weighted by Gasteiger charge is -2.08. The molecule has 3 heteroatoms. The van der Waals surface area contributed by atoms with E-state index in [1.807, 2.05) is 6.20 Å². The largest absolute Gasteiger partial charge is 0.313 e. The predicted octanol–water partition coefficient (Wildman–Crippen LogP) is 2.36. The molecule has 0 aromatic carbocycles. The number of aryl methyl sites for hydroxylation is 1. The molecule has 0 atom stereocenters. The minimum absolute atomic E-state index is 0.954. The monoisotopic (exact) mass is 209 g/mol. The van der Waals surface area contributed by atoms with Gasteiger partial charge in [0, 0.05) is 24.3 Å². The van der Waals surface area contributed by atoms with E-state index in [0.717, 1.165) is 32.5 Å². The predicted molar refractivity (Wildman–Crippen MR) is 63.9 cm³/mol. The van der Waals surface area contributed by atoms with Gasteiger partial charge in [0.05, 0.1) is 6.20 Å². The van der Waals surface area contributed by atoms with Crippen molar-refractivity contribution in [3.05, 3.63) is 17.5 Å². The molecular formula is C12H23N3. The van der Waals surface area contributed by atoms with Crippen molar-refractivity contribution in [1.82, 2.24) is 15.1 Å². The van der Waals surface area contributed by atoms with E-state index >= 15 is 0 Å². The smallest absolute Gasteiger partial charge is 0.0537 e. The Morgan fingerprint density at radius 3 is 2.67 bits per heavy atom. The molecule has 1 rings (SSSR count). The van der Waals surface area contributed by atoms with Crippen molar-refractivity contribution in [1.29, 1.82) is 0 Å². The van der Waals surface area contributed by atoms with Gasteiger partial charge in [-0.15, -0.1) is 0 Å². The highest BCUT2D eigenvalue weighted by Gasteiger charge is 2.08. The van der Waals surface area contributed by atoms with E-state index in [2.05, 4.69) is 35.9 Å². The second-order valence-electron chi connectivity index (χ2n) is 3.87. The number of aromatic nitrogens is 2. The van der Waals surface area contributed by atoms with Gasteiger partial charge in [-0.05, 0) is 19.4 Å². The van der Waals surface area contributed by atoms with Gasteiger partial charge in [0.25, 0.3) is 0 Å². The van der Waals surface area contributed by atoms with E-state index in [-0.39, 0.29) is 0 Å². The first-order valence-electron chi connectivity index (χ1n) is 6.07. The Bertz CT molecular complexity index is 278. The second-order valence-corrected chi connectivity index (χ2v) is 3.87. The van der Waals surface area contributed by atoms with E-state index in [1.54, 1.807) is 0 Å². The number of nitrogens with zero attached hydrogens (tertiary/aromatic N) is 2. The summed E-state index contributed by atoms with van der Waals surface area (Å²) in [5, 5.41) is 7.82. The van der Waals surface area contributed by atoms with Gasteiger partial charge in [-0.1, -0.05) is 27.2 Å². The minimum Gasteiger partial charge on any atom is -0.313 e. The van der Waals surface area contributed by atoms with E-state index in [4.69, 9.17) is 0 Å². The third-order valence-electron chi connectivity index (χ3n) is 2.52. The highest BCUT2D eigenvalue weighted by atomic mass is 15.3. The lowest BCUT2D eigenvalue weighted by molar-refractivity contribution is 0.567. The van der Waals surface area contributed by atoms with Crippen molar-refractivity contribution in [3.8, 4) is 0 Å². The van der Waals surface area contributed by atoms with Gasteiger partial charge in [0.15, 0.2) is 0 Å². The van der Waals surface area contributed by atoms with Crippen molar-refractivity contribution in [2.45, 2.75) is 53.1 Å². The fraction of sp³-hybridized carbons (Fsp3) is 0.750. The minimum atomic E-state index is 0.954. The van der Waals surface area contributed by atoms with E-state index < -0.39 is 0 Å². The molecule has 3 nitrogen and oxygen atoms in total. The molecule has 0 unspecified atom stereocenters. The highest BCUT2D eigenvalue weighted by Crippen LogP contribution is 2.11. The summed E-state index contributed by atoms with van der Waals surface area (Å²) in [5.41, 5.74) is 2.78. The van der Waals surface area contributed by atoms with E-state index in [0.29, 0.717) is 0 Å². The number of rotatable bonds is 7. The Morgan fingerprint density at radius 1 is 1.27 bits per heavy atom. The maximum absolute atomic E-state index is 4.45. The molecule has 1 aromatic heterocycles. The average molecular weight is 209 g/mol. The van der Waals surface area contributed by atoms with Gasteiger partial charge in [-0.2, -0.15) is 5.10 Å². The fourth-order valence-corrected chi connectivity index (χ4v) is 1.79. The zero-order chi connectivity index (χ0) is 11.1. The third-order valence-corrected chi connectivity index (χ3v) is 2.52. The summed E-state index contributed by atoms with van der Waals surface area (Å²) in [6.45, 7) is 9.57. The van der Waals surface area contributed by atoms with Gasteiger partial charge < -0.3 is 5.32 Å². The van der Waals surface area contributed by atoms with Gasteiger partial charge >= 0.3 is 0 Å². The zero-order valence-corrected chi connectivity index (χ0v) is 10.2. The van der Waals surface area contributed by atoms with Crippen molar-refractivity contribution in [2.75, 3.05) is 6.54 Å². The summed E-state index contributed by atoms with van der Waals surface area (Å²) in [6.07, 6.45) is 5.50. The molecule has 0 fully saturated rings. The SMILES string of the molecule is CCCc1c(CNCC)cnn1CCC. The molecule has 15 heavy (non-hydrogen) atoms. The Morgan fingerprint density at radius 2 is 2.07 bits per heavy atom. The summed E-state index contributed by atoms with van der Waals surface area (Å²) in [7, 11) is 0. The molecule has 1 aromatic rings. The standard InChI is InChI=1S/C12H23N3/c1-4-7-12-11(9-13-6-3)10-14-15(12)8-5-2/h10,13H,4-9H2,1-3H3. The van der Waals surface area contributed by atoms with Crippen LogP contribution in [0.2, 0.25) is 0 Å². The van der Waals surface area contributed by atoms with Crippen LogP contribution >= 0.6 is 0 Å². The Labute approximate surface area is 92.9 Å². The van der Waals surface area contributed by atoms with Gasteiger partial charge in [-0.3, -0.25) is 4.68 Å². The van der Waals surface area contributed by atoms with Crippen LogP contribution in [0, 0.1) is 0 Å². The van der Waals surface area contributed by atoms with Crippen LogP contribution in [-0.4, -0.2) is 16.3 Å². The maximum atomic E-state index is 4.45. The highest BCUT2D eigenvalue weighted by molar-refractivity contribution is 5.17. The molecular weight excluding hydrogens is 186 g/mol. The van der Waals surface area contributed by atoms with Crippen molar-refractivity contribution in [2.24, 2.45) is 0 Å². The first kappa shape index (κ1) is 12.2. The second kappa shape index (κ2) is 6.62. The van der Waals surface area contributed by atoms with Crippen LogP contribution in [0.3, 0.4) is 0 Å². The van der Waals surface area contributed by atoms with Crippen LogP contribution in [0.5, 0.6) is 0 Å². The van der Waals surface area contributed by atoms with Gasteiger partial charge in [0.1, 0.15) is 0 Å². The summed E-state index contributed by atoms with van der Waals surface area (Å²) >= 11 is 0. The lowest BCUT2D eigenvalue weighted by Crippen LogP contribution is -2.14. The van der Waals surface area contributed by atoms with Crippen LogP contribution in [-0.2, 0) is 19.5 Å². The molecule has 0 radical (unpaired) electrons. The summed E-state index contributed by atoms with van der Waals surface area (Å²) < 4.78 is 2.16. The zero-order valence-electron chi connectivity index (χ0n) is 10.2. The molecule has 86 valence electrons. The van der Waals surface area contributed by atoms with Gasteiger partial charge in [0.2, 0.25) is 0 Å². The molecule has 1 N–H and O–H groups in total. The van der Waals surface area contributed by atoms with E-state index in [1.165, 1.54) is 17.7 Å². The first-order chi connectivity index (χ1) is 7.33. The molecule has 0 saturated heterocycles. The first-order valence-corrected chi connectivity index (χ1v) is 6.07. The number of hydrogen-bond donors (Lipinski definition) is 1. The molecule has 0 bridgehead atoms. The summed E-state index contributed by atoms with van der Waals surface area (Å²) in [5.74, 6) is 0.